The number of aromatic nitrogens is 1. The van der Waals surface area contributed by atoms with Gasteiger partial charge in [0.15, 0.2) is 0 Å². The third-order valence-corrected chi connectivity index (χ3v) is 2.91. The standard InChI is InChI=1S/C13H22N4O2/c1-4-19-11-6-5-10(9-16-11)15-8-7-13(2,3)12(14)17-18/h5-6,9,15,18H,4,7-8H2,1-3H3,(H2,14,17). The number of nitrogens with one attached hydrogen (secondary N) is 1. The fourth-order valence-electron chi connectivity index (χ4n) is 1.50. The van der Waals surface area contributed by atoms with E-state index >= 15 is 0 Å². The molecule has 1 aromatic rings. The molecule has 0 aliphatic heterocycles. The Hall–Kier alpha value is -1.98. The van der Waals surface area contributed by atoms with Crippen LogP contribution < -0.4 is 15.8 Å². The number of ether oxygens (including phenoxy) is 1. The summed E-state index contributed by atoms with van der Waals surface area (Å²) in [6, 6.07) is 3.73. The van der Waals surface area contributed by atoms with Crippen LogP contribution >= 0.6 is 0 Å². The second kappa shape index (κ2) is 6.82. The smallest absolute Gasteiger partial charge is 0.213 e. The van der Waals surface area contributed by atoms with Gasteiger partial charge in [0.1, 0.15) is 5.84 Å². The number of rotatable bonds is 7. The third-order valence-electron chi connectivity index (χ3n) is 2.91. The number of hydrogen-bond donors (Lipinski definition) is 3. The summed E-state index contributed by atoms with van der Waals surface area (Å²) in [5.41, 5.74) is 6.20. The molecule has 0 saturated heterocycles. The molecule has 0 spiro atoms. The predicted molar refractivity (Wildman–Crippen MR) is 75.7 cm³/mol. The highest BCUT2D eigenvalue weighted by molar-refractivity contribution is 5.85. The van der Waals surface area contributed by atoms with Crippen LogP contribution in [0.5, 0.6) is 5.88 Å². The van der Waals surface area contributed by atoms with Gasteiger partial charge in [-0.05, 0) is 19.4 Å². The second-order valence-electron chi connectivity index (χ2n) is 4.86. The van der Waals surface area contributed by atoms with Gasteiger partial charge in [0.25, 0.3) is 0 Å². The monoisotopic (exact) mass is 266 g/mol. The first-order valence-corrected chi connectivity index (χ1v) is 6.30. The Morgan fingerprint density at radius 3 is 2.79 bits per heavy atom. The second-order valence-corrected chi connectivity index (χ2v) is 4.86. The number of nitrogens with zero attached hydrogens (tertiary/aromatic N) is 2. The van der Waals surface area contributed by atoms with Crippen molar-refractivity contribution in [3.05, 3.63) is 18.3 Å². The van der Waals surface area contributed by atoms with Crippen molar-refractivity contribution in [2.24, 2.45) is 16.3 Å². The fourth-order valence-corrected chi connectivity index (χ4v) is 1.50. The molecule has 0 aliphatic carbocycles. The molecule has 0 aliphatic rings. The van der Waals surface area contributed by atoms with Gasteiger partial charge in [-0.15, -0.1) is 0 Å². The van der Waals surface area contributed by atoms with E-state index in [4.69, 9.17) is 15.7 Å². The minimum absolute atomic E-state index is 0.235. The topological polar surface area (TPSA) is 92.8 Å². The van der Waals surface area contributed by atoms with Gasteiger partial charge in [0.05, 0.1) is 18.5 Å². The van der Waals surface area contributed by atoms with Crippen LogP contribution in [0.15, 0.2) is 23.5 Å². The summed E-state index contributed by atoms with van der Waals surface area (Å²) in [6.45, 7) is 7.09. The number of anilines is 1. The van der Waals surface area contributed by atoms with Crippen molar-refractivity contribution in [3.8, 4) is 5.88 Å². The third kappa shape index (κ3) is 4.65. The molecule has 1 heterocycles. The average Bonchev–Trinajstić information content (AvgIpc) is 2.40. The molecule has 0 fully saturated rings. The van der Waals surface area contributed by atoms with Crippen molar-refractivity contribution >= 4 is 11.5 Å². The minimum atomic E-state index is -0.347. The quantitative estimate of drug-likeness (QED) is 0.304. The molecule has 0 unspecified atom stereocenters. The fraction of sp³-hybridized carbons (Fsp3) is 0.538. The SMILES string of the molecule is CCOc1ccc(NCCC(C)(C)C(N)=NO)cn1. The van der Waals surface area contributed by atoms with Gasteiger partial charge in [-0.25, -0.2) is 4.98 Å². The van der Waals surface area contributed by atoms with E-state index in [-0.39, 0.29) is 11.3 Å². The number of nitrogens with two attached hydrogens (primary N) is 1. The Kier molecular flexibility index (Phi) is 5.41. The van der Waals surface area contributed by atoms with Crippen molar-refractivity contribution in [2.45, 2.75) is 27.2 Å². The highest BCUT2D eigenvalue weighted by atomic mass is 16.5. The zero-order chi connectivity index (χ0) is 14.3. The van der Waals surface area contributed by atoms with Crippen LogP contribution in [0.25, 0.3) is 0 Å². The Morgan fingerprint density at radius 2 is 2.26 bits per heavy atom. The Labute approximate surface area is 113 Å². The lowest BCUT2D eigenvalue weighted by atomic mass is 9.88. The van der Waals surface area contributed by atoms with Crippen LogP contribution in [0, 0.1) is 5.41 Å². The lowest BCUT2D eigenvalue weighted by molar-refractivity contribution is 0.306. The maximum atomic E-state index is 8.69. The summed E-state index contributed by atoms with van der Waals surface area (Å²) in [4.78, 5) is 4.16. The molecular weight excluding hydrogens is 244 g/mol. The largest absolute Gasteiger partial charge is 0.478 e. The van der Waals surface area contributed by atoms with Crippen LogP contribution in [0.3, 0.4) is 0 Å². The molecule has 0 radical (unpaired) electrons. The zero-order valence-electron chi connectivity index (χ0n) is 11.7. The molecule has 6 heteroatoms. The molecule has 0 bridgehead atoms. The highest BCUT2D eigenvalue weighted by Gasteiger charge is 2.22. The van der Waals surface area contributed by atoms with Crippen molar-refractivity contribution < 1.29 is 9.94 Å². The van der Waals surface area contributed by atoms with E-state index < -0.39 is 0 Å². The summed E-state index contributed by atoms with van der Waals surface area (Å²) in [6.07, 6.45) is 2.47. The van der Waals surface area contributed by atoms with Crippen LogP contribution in [-0.4, -0.2) is 29.2 Å². The van der Waals surface area contributed by atoms with Crippen LogP contribution in [-0.2, 0) is 0 Å². The van der Waals surface area contributed by atoms with E-state index in [9.17, 15) is 0 Å². The summed E-state index contributed by atoms with van der Waals surface area (Å²) >= 11 is 0. The maximum absolute atomic E-state index is 8.69. The highest BCUT2D eigenvalue weighted by Crippen LogP contribution is 2.20. The van der Waals surface area contributed by atoms with Gasteiger partial charge in [0.2, 0.25) is 5.88 Å². The van der Waals surface area contributed by atoms with E-state index in [1.54, 1.807) is 6.20 Å². The van der Waals surface area contributed by atoms with Crippen molar-refractivity contribution in [2.75, 3.05) is 18.5 Å². The van der Waals surface area contributed by atoms with Gasteiger partial charge in [-0.2, -0.15) is 0 Å². The molecule has 0 aromatic carbocycles. The molecule has 4 N–H and O–H groups in total. The number of oxime groups is 1. The Balaban J connectivity index is 2.45. The first-order chi connectivity index (χ1) is 8.99. The summed E-state index contributed by atoms with van der Waals surface area (Å²) in [7, 11) is 0. The lowest BCUT2D eigenvalue weighted by Crippen LogP contribution is -2.33. The van der Waals surface area contributed by atoms with Gasteiger partial charge < -0.3 is 21.0 Å². The normalized spacial score (nSPS) is 12.3. The van der Waals surface area contributed by atoms with Crippen molar-refractivity contribution in [1.82, 2.24) is 4.98 Å². The summed E-state index contributed by atoms with van der Waals surface area (Å²) < 4.78 is 5.27. The lowest BCUT2D eigenvalue weighted by Gasteiger charge is -2.22. The maximum Gasteiger partial charge on any atom is 0.213 e. The van der Waals surface area contributed by atoms with Crippen molar-refractivity contribution in [3.63, 3.8) is 0 Å². The van der Waals surface area contributed by atoms with E-state index in [0.717, 1.165) is 12.1 Å². The van der Waals surface area contributed by atoms with E-state index in [2.05, 4.69) is 15.5 Å². The molecule has 1 aromatic heterocycles. The van der Waals surface area contributed by atoms with Crippen LogP contribution in [0.1, 0.15) is 27.2 Å². The first kappa shape index (κ1) is 15.1. The molecule has 0 atom stereocenters. The molecule has 19 heavy (non-hydrogen) atoms. The Morgan fingerprint density at radius 1 is 1.53 bits per heavy atom. The molecule has 1 rings (SSSR count). The average molecular weight is 266 g/mol. The Bertz CT molecular complexity index is 415. The zero-order valence-corrected chi connectivity index (χ0v) is 11.7. The van der Waals surface area contributed by atoms with Crippen LogP contribution in [0.2, 0.25) is 0 Å². The molecular formula is C13H22N4O2. The summed E-state index contributed by atoms with van der Waals surface area (Å²) in [5.74, 6) is 0.851. The van der Waals surface area contributed by atoms with Gasteiger partial charge in [0, 0.05) is 18.0 Å². The number of amidine groups is 1. The minimum Gasteiger partial charge on any atom is -0.478 e. The van der Waals surface area contributed by atoms with Crippen molar-refractivity contribution in [1.29, 1.82) is 0 Å². The van der Waals surface area contributed by atoms with E-state index in [0.29, 0.717) is 19.0 Å². The molecule has 0 amide bonds. The molecule has 6 nitrogen and oxygen atoms in total. The van der Waals surface area contributed by atoms with E-state index in [1.807, 2.05) is 32.9 Å². The first-order valence-electron chi connectivity index (χ1n) is 6.30. The number of hydrogen-bond acceptors (Lipinski definition) is 5. The molecule has 0 saturated carbocycles. The molecule has 106 valence electrons. The predicted octanol–water partition coefficient (Wildman–Crippen LogP) is 2.05. The number of pyridine rings is 1. The van der Waals surface area contributed by atoms with Crippen LogP contribution in [0.4, 0.5) is 5.69 Å². The summed E-state index contributed by atoms with van der Waals surface area (Å²) in [5, 5.41) is 15.0. The van der Waals surface area contributed by atoms with E-state index in [1.165, 1.54) is 0 Å². The van der Waals surface area contributed by atoms with Gasteiger partial charge in [-0.1, -0.05) is 19.0 Å². The van der Waals surface area contributed by atoms with Gasteiger partial charge >= 0.3 is 0 Å². The van der Waals surface area contributed by atoms with Gasteiger partial charge in [-0.3, -0.25) is 0 Å².